The highest BCUT2D eigenvalue weighted by molar-refractivity contribution is 5.79. The SMILES string of the molecule is O=C(O)CN1CCC(CC(=O)NC(CO)C(O)C(COCC2OC(CO)C(COCC3OC(CO)C(O)C(O)C3NC(=O)CC3CCN(CC(=O)O)CCN(CC(=O)O)CCN(CC(=O)O)CC3)C(O)C2NC(=O)CN2CCN(CC(=O)O)CCN(CC(=O)O)CCN(CC(=O)O)CC2)C(O)CO)CCN(CC(=O)O)CCN(CC(=O)O)CC1. The smallest absolute Gasteiger partial charge is 0.317 e. The van der Waals surface area contributed by atoms with Crippen molar-refractivity contribution in [3.05, 3.63) is 0 Å². The van der Waals surface area contributed by atoms with Gasteiger partial charge in [-0.15, -0.1) is 0 Å². The number of amides is 3. The van der Waals surface area contributed by atoms with Crippen LogP contribution in [0.25, 0.3) is 0 Å². The molecule has 0 spiro atoms. The third-order valence-electron chi connectivity index (χ3n) is 22.0. The van der Waals surface area contributed by atoms with E-state index in [0.29, 0.717) is 0 Å². The highest BCUT2D eigenvalue weighted by Crippen LogP contribution is 2.30. The van der Waals surface area contributed by atoms with Crippen molar-refractivity contribution in [2.24, 2.45) is 23.7 Å². The van der Waals surface area contributed by atoms with E-state index < -0.39 is 286 Å². The Morgan fingerprint density at radius 1 is 0.336 bits per heavy atom. The van der Waals surface area contributed by atoms with Gasteiger partial charge in [0, 0.05) is 129 Å². The number of carbonyl (C=O) groups excluding carboxylic acids is 3. The molecule has 5 fully saturated rings. The first kappa shape index (κ1) is 102. The fourth-order valence-electron chi connectivity index (χ4n) is 15.4. The highest BCUT2D eigenvalue weighted by Gasteiger charge is 2.49. The molecule has 14 atom stereocenters. The fourth-order valence-corrected chi connectivity index (χ4v) is 15.4. The average molecular weight is 1720 g/mol. The van der Waals surface area contributed by atoms with Crippen molar-refractivity contribution < 1.29 is 168 Å². The summed E-state index contributed by atoms with van der Waals surface area (Å²) in [5.74, 6) is -17.1. The largest absolute Gasteiger partial charge is 0.480 e. The number of carbonyl (C=O) groups is 12. The van der Waals surface area contributed by atoms with E-state index in [0.717, 1.165) is 0 Å². The van der Waals surface area contributed by atoms with E-state index in [1.807, 2.05) is 0 Å². The van der Waals surface area contributed by atoms with Crippen LogP contribution in [0.1, 0.15) is 38.5 Å². The molecule has 0 radical (unpaired) electrons. The lowest BCUT2D eigenvalue weighted by Gasteiger charge is -2.45. The second kappa shape index (κ2) is 53.6. The number of carboxylic acids is 9. The number of hydrogen-bond donors (Lipinski definition) is 21. The fraction of sp³-hybridized carbons (Fsp3) is 0.833. The molecule has 0 saturated carbocycles. The molecular weight excluding hydrogens is 1590 g/mol. The van der Waals surface area contributed by atoms with Gasteiger partial charge in [-0.1, -0.05) is 0 Å². The van der Waals surface area contributed by atoms with Gasteiger partial charge in [0.05, 0.1) is 161 Å². The molecule has 3 amide bonds. The molecule has 14 unspecified atom stereocenters. The zero-order chi connectivity index (χ0) is 88.0. The molecule has 0 aromatic rings. The quantitative estimate of drug-likeness (QED) is 0.0270. The number of rotatable bonds is 42. The Balaban J connectivity index is 1.42. The molecule has 0 aromatic heterocycles. The third-order valence-corrected chi connectivity index (χ3v) is 22.0. The van der Waals surface area contributed by atoms with Gasteiger partial charge in [0.2, 0.25) is 17.7 Å². The number of nitrogens with zero attached hydrogens (tertiary/aromatic N) is 10. The van der Waals surface area contributed by atoms with Gasteiger partial charge in [-0.05, 0) is 63.7 Å². The van der Waals surface area contributed by atoms with Gasteiger partial charge >= 0.3 is 53.7 Å². The van der Waals surface area contributed by atoms with Gasteiger partial charge in [0.15, 0.2) is 0 Å². The van der Waals surface area contributed by atoms with Crippen molar-refractivity contribution in [3.8, 4) is 0 Å². The molecule has 21 N–H and O–H groups in total. The van der Waals surface area contributed by atoms with Crippen molar-refractivity contribution in [2.45, 2.75) is 112 Å². The zero-order valence-electron chi connectivity index (χ0n) is 66.9. The van der Waals surface area contributed by atoms with Crippen LogP contribution in [0.15, 0.2) is 0 Å². The number of hydrogen-bond acceptors (Lipinski definition) is 35. The molecule has 5 aliphatic heterocycles. The van der Waals surface area contributed by atoms with Crippen molar-refractivity contribution in [3.63, 3.8) is 0 Å². The Bertz CT molecular complexity index is 3090. The van der Waals surface area contributed by atoms with E-state index >= 15 is 0 Å². The lowest BCUT2D eigenvalue weighted by molar-refractivity contribution is -0.217. The Hall–Kier alpha value is -7.28. The van der Waals surface area contributed by atoms with E-state index in [1.54, 1.807) is 34.3 Å². The van der Waals surface area contributed by atoms with E-state index in [4.69, 9.17) is 18.9 Å². The molecule has 5 rings (SSSR count). The first-order chi connectivity index (χ1) is 56.5. The first-order valence-electron chi connectivity index (χ1n) is 39.8. The average Bonchev–Trinajstić information content (AvgIpc) is 0.797. The molecule has 0 bridgehead atoms. The van der Waals surface area contributed by atoms with Crippen LogP contribution in [0.2, 0.25) is 0 Å². The number of aliphatic hydroxyl groups excluding tert-OH is 9. The summed E-state index contributed by atoms with van der Waals surface area (Å²) in [6.07, 6.45) is -15.1. The second-order valence-corrected chi connectivity index (χ2v) is 31.0. The molecule has 682 valence electrons. The molecule has 47 nitrogen and oxygen atoms in total. The number of nitrogens with one attached hydrogen (secondary N) is 3. The number of aliphatic carboxylic acids is 9. The maximum atomic E-state index is 14.7. The summed E-state index contributed by atoms with van der Waals surface area (Å²) in [4.78, 5) is 166. The molecule has 5 saturated heterocycles. The summed E-state index contributed by atoms with van der Waals surface area (Å²) in [6.45, 7) is -9.68. The minimum Gasteiger partial charge on any atom is -0.480 e. The number of carboxylic acid groups (broad SMARTS) is 9. The summed E-state index contributed by atoms with van der Waals surface area (Å²) in [7, 11) is 0. The molecule has 0 aliphatic carbocycles. The summed E-state index contributed by atoms with van der Waals surface area (Å²) in [5, 5.41) is 197. The predicted octanol–water partition coefficient (Wildman–Crippen LogP) is -11.6. The highest BCUT2D eigenvalue weighted by atomic mass is 16.6. The zero-order valence-corrected chi connectivity index (χ0v) is 66.9. The van der Waals surface area contributed by atoms with Crippen molar-refractivity contribution in [1.82, 2.24) is 64.9 Å². The Kier molecular flexibility index (Phi) is 46.1. The van der Waals surface area contributed by atoms with Crippen molar-refractivity contribution in [1.29, 1.82) is 0 Å². The van der Waals surface area contributed by atoms with Gasteiger partial charge in [-0.2, -0.15) is 0 Å². The van der Waals surface area contributed by atoms with Crippen molar-refractivity contribution in [2.75, 3.05) is 249 Å². The summed E-state index contributed by atoms with van der Waals surface area (Å²) >= 11 is 0. The van der Waals surface area contributed by atoms with Crippen molar-refractivity contribution >= 4 is 71.4 Å². The van der Waals surface area contributed by atoms with Crippen LogP contribution in [0.5, 0.6) is 0 Å². The van der Waals surface area contributed by atoms with Crippen LogP contribution in [-0.2, 0) is 76.5 Å². The van der Waals surface area contributed by atoms with Crippen LogP contribution in [0.4, 0.5) is 0 Å². The Morgan fingerprint density at radius 2 is 0.630 bits per heavy atom. The maximum Gasteiger partial charge on any atom is 0.317 e. The lowest BCUT2D eigenvalue weighted by atomic mass is 9.85. The molecule has 119 heavy (non-hydrogen) atoms. The van der Waals surface area contributed by atoms with Gasteiger partial charge in [-0.3, -0.25) is 107 Å². The van der Waals surface area contributed by atoms with E-state index in [9.17, 15) is 149 Å². The molecule has 5 heterocycles. The number of ether oxygens (including phenoxy) is 4. The summed E-state index contributed by atoms with van der Waals surface area (Å²) in [6, 6.07) is -4.71. The topological polar surface area (TPSA) is 674 Å². The van der Waals surface area contributed by atoms with Gasteiger partial charge in [-0.25, -0.2) is 0 Å². The maximum absolute atomic E-state index is 14.7. The van der Waals surface area contributed by atoms with Crippen LogP contribution >= 0.6 is 0 Å². The Morgan fingerprint density at radius 3 is 0.950 bits per heavy atom. The standard InChI is InChI=1S/C72H125N13O34/c86-37-49(73-55(91)25-45-1-5-76(28-58(94)95)9-15-81(32-62(102)103)16-10-77(6-2-45)29-59(96)97)69(112)47(50(90)38-87)41-116-43-53-67(75-57(93)27-80-13-19-83(34-64(106)107)21-23-85(36-66(110)111)24-22-84(20-14-80)35-65(108)109)70(113)48(51(39-88)118-53)42-117-44-54-68(72(115)71(114)52(40-89)119-54)74-56(92)26-46-3-7-78(30-60(98)99)11-17-82(33-63(104)105)18-12-79(8-4-46)31-61(100)101/h45-54,67-72,86-90,112-115H,1-44H2,(H,73,91)(H,74,92)(H,75,93)(H,94,95)(H,96,97)(H,98,99)(H,100,101)(H,102,103)(H,104,105)(H,106,107)(H,108,109)(H,110,111). The molecule has 0 aromatic carbocycles. The van der Waals surface area contributed by atoms with E-state index in [-0.39, 0.29) is 169 Å². The normalized spacial score (nSPS) is 26.4. The minimum atomic E-state index is -1.94. The third kappa shape index (κ3) is 38.4. The predicted molar refractivity (Wildman–Crippen MR) is 408 cm³/mol. The summed E-state index contributed by atoms with van der Waals surface area (Å²) < 4.78 is 24.7. The monoisotopic (exact) mass is 1720 g/mol. The second-order valence-electron chi connectivity index (χ2n) is 31.0. The van der Waals surface area contributed by atoms with E-state index in [2.05, 4.69) is 16.0 Å². The van der Waals surface area contributed by atoms with Gasteiger partial charge in [0.25, 0.3) is 0 Å². The van der Waals surface area contributed by atoms with Crippen LogP contribution in [0, 0.1) is 23.7 Å². The van der Waals surface area contributed by atoms with Crippen LogP contribution in [0.3, 0.4) is 0 Å². The van der Waals surface area contributed by atoms with E-state index in [1.165, 1.54) is 14.7 Å². The van der Waals surface area contributed by atoms with Crippen LogP contribution in [-0.4, -0.2) is 535 Å². The first-order valence-corrected chi connectivity index (χ1v) is 39.8. The molecule has 5 aliphatic rings. The number of aliphatic hydroxyl groups is 9. The lowest BCUT2D eigenvalue weighted by Crippen LogP contribution is -2.66. The minimum absolute atomic E-state index is 0.0201. The van der Waals surface area contributed by atoms with Gasteiger partial charge in [0.1, 0.15) is 30.5 Å². The summed E-state index contributed by atoms with van der Waals surface area (Å²) in [5.41, 5.74) is 0. The van der Waals surface area contributed by atoms with Crippen LogP contribution < -0.4 is 16.0 Å². The van der Waals surface area contributed by atoms with Gasteiger partial charge < -0.3 is 127 Å². The molecular formula is C72H125N13O34. The Labute approximate surface area is 687 Å². The molecule has 47 heteroatoms.